The lowest BCUT2D eigenvalue weighted by atomic mass is 10.1. The first-order valence-corrected chi connectivity index (χ1v) is 11.1. The van der Waals surface area contributed by atoms with Gasteiger partial charge in [-0.1, -0.05) is 37.3 Å². The van der Waals surface area contributed by atoms with E-state index in [0.717, 1.165) is 24.1 Å². The number of nitrogens with one attached hydrogen (secondary N) is 1. The van der Waals surface area contributed by atoms with Crippen LogP contribution in [0, 0.1) is 0 Å². The zero-order chi connectivity index (χ0) is 19.4. The fourth-order valence-electron chi connectivity index (χ4n) is 3.62. The van der Waals surface area contributed by atoms with Gasteiger partial charge in [0.2, 0.25) is 10.0 Å². The Morgan fingerprint density at radius 2 is 2.04 bits per heavy atom. The summed E-state index contributed by atoms with van der Waals surface area (Å²) in [5, 5.41) is 7.28. The maximum atomic E-state index is 12.7. The largest absolute Gasteiger partial charge is 0.350 e. The molecule has 1 aliphatic heterocycles. The van der Waals surface area contributed by atoms with Crippen molar-refractivity contribution in [3.8, 4) is 0 Å². The number of sulfonamides is 1. The molecule has 1 aromatic carbocycles. The van der Waals surface area contributed by atoms with E-state index < -0.39 is 10.0 Å². The molecule has 1 amide bonds. The molecule has 0 saturated carbocycles. The number of benzene rings is 1. The molecule has 3 rings (SSSR count). The number of nitrogens with zero attached hydrogens (tertiary/aromatic N) is 3. The van der Waals surface area contributed by atoms with Crippen LogP contribution in [0.5, 0.6) is 0 Å². The Labute approximate surface area is 160 Å². The zero-order valence-electron chi connectivity index (χ0n) is 15.8. The lowest BCUT2D eigenvalue weighted by molar-refractivity contribution is 0.0945. The van der Waals surface area contributed by atoms with E-state index in [2.05, 4.69) is 10.4 Å². The van der Waals surface area contributed by atoms with Crippen molar-refractivity contribution < 1.29 is 13.2 Å². The first kappa shape index (κ1) is 19.6. The first-order chi connectivity index (χ1) is 12.9. The second-order valence-electron chi connectivity index (χ2n) is 6.88. The Morgan fingerprint density at radius 1 is 1.30 bits per heavy atom. The smallest absolute Gasteiger partial charge is 0.254 e. The van der Waals surface area contributed by atoms with Gasteiger partial charge in [-0.15, -0.1) is 0 Å². The molecule has 2 aromatic rings. The molecule has 1 aromatic heterocycles. The first-order valence-electron chi connectivity index (χ1n) is 9.23. The molecule has 0 bridgehead atoms. The molecule has 1 fully saturated rings. The molecular formula is C19H26N4O3S. The van der Waals surface area contributed by atoms with Gasteiger partial charge < -0.3 is 5.32 Å². The van der Waals surface area contributed by atoms with E-state index in [1.54, 1.807) is 6.20 Å². The third-order valence-corrected chi connectivity index (χ3v) is 6.28. The van der Waals surface area contributed by atoms with Gasteiger partial charge in [-0.2, -0.15) is 9.40 Å². The number of carbonyl (C=O) groups is 1. The molecule has 0 aliphatic carbocycles. The van der Waals surface area contributed by atoms with Gasteiger partial charge in [0.05, 0.1) is 30.3 Å². The fraction of sp³-hybridized carbons (Fsp3) is 0.474. The fourth-order valence-corrected chi connectivity index (χ4v) is 4.80. The van der Waals surface area contributed by atoms with Gasteiger partial charge >= 0.3 is 0 Å². The molecule has 2 heterocycles. The van der Waals surface area contributed by atoms with Gasteiger partial charge in [0.1, 0.15) is 0 Å². The van der Waals surface area contributed by atoms with Crippen LogP contribution in [0.4, 0.5) is 0 Å². The topological polar surface area (TPSA) is 84.3 Å². The molecular weight excluding hydrogens is 364 g/mol. The average molecular weight is 391 g/mol. The average Bonchev–Trinajstić information content (AvgIpc) is 3.27. The monoisotopic (exact) mass is 390 g/mol. The molecule has 1 N–H and O–H groups in total. The number of hydrogen-bond acceptors (Lipinski definition) is 4. The van der Waals surface area contributed by atoms with E-state index in [1.807, 2.05) is 41.9 Å². The normalized spacial score (nSPS) is 17.9. The molecule has 0 spiro atoms. The summed E-state index contributed by atoms with van der Waals surface area (Å²) in [6.07, 6.45) is 5.09. The predicted octanol–water partition coefficient (Wildman–Crippen LogP) is 1.65. The van der Waals surface area contributed by atoms with E-state index in [-0.39, 0.29) is 11.9 Å². The number of rotatable bonds is 7. The van der Waals surface area contributed by atoms with Crippen LogP contribution < -0.4 is 5.32 Å². The molecule has 27 heavy (non-hydrogen) atoms. The summed E-state index contributed by atoms with van der Waals surface area (Å²) < 4.78 is 27.0. The van der Waals surface area contributed by atoms with Crippen molar-refractivity contribution >= 4 is 15.9 Å². The van der Waals surface area contributed by atoms with Crippen molar-refractivity contribution in [2.45, 2.75) is 38.8 Å². The van der Waals surface area contributed by atoms with Crippen molar-refractivity contribution in [1.82, 2.24) is 19.4 Å². The Kier molecular flexibility index (Phi) is 5.96. The number of amides is 1. The lowest BCUT2D eigenvalue weighted by Crippen LogP contribution is -2.42. The second-order valence-corrected chi connectivity index (χ2v) is 8.82. The molecule has 0 radical (unpaired) electrons. The van der Waals surface area contributed by atoms with Crippen LogP contribution in [0.15, 0.2) is 36.5 Å². The Morgan fingerprint density at radius 3 is 2.70 bits per heavy atom. The van der Waals surface area contributed by atoms with Crippen molar-refractivity contribution in [3.63, 3.8) is 0 Å². The standard InChI is InChI=1S/C19H26N4O3S/c1-3-18-17(13-21-22(18)14-15-8-5-4-6-9-15)19(24)20-12-16-10-7-11-23(16)27(2,25)26/h4-6,8-9,13,16H,3,7,10-12,14H2,1-2H3,(H,20,24)/t16-/m1/s1. The third-order valence-electron chi connectivity index (χ3n) is 4.95. The minimum atomic E-state index is -3.24. The molecule has 1 saturated heterocycles. The number of carbonyl (C=O) groups excluding carboxylic acids is 1. The summed E-state index contributed by atoms with van der Waals surface area (Å²) in [7, 11) is -3.24. The van der Waals surface area contributed by atoms with Crippen LogP contribution >= 0.6 is 0 Å². The summed E-state index contributed by atoms with van der Waals surface area (Å²) in [5.41, 5.74) is 2.55. The quantitative estimate of drug-likeness (QED) is 0.779. The van der Waals surface area contributed by atoms with Crippen LogP contribution in [-0.4, -0.2) is 53.8 Å². The van der Waals surface area contributed by atoms with E-state index in [0.29, 0.717) is 31.6 Å². The molecule has 0 unspecified atom stereocenters. The summed E-state index contributed by atoms with van der Waals surface area (Å²) in [5.74, 6) is -0.202. The van der Waals surface area contributed by atoms with Crippen LogP contribution in [0.25, 0.3) is 0 Å². The summed E-state index contributed by atoms with van der Waals surface area (Å²) in [4.78, 5) is 12.7. The van der Waals surface area contributed by atoms with Crippen LogP contribution in [-0.2, 0) is 23.0 Å². The van der Waals surface area contributed by atoms with Gasteiger partial charge in [0.25, 0.3) is 5.91 Å². The van der Waals surface area contributed by atoms with Gasteiger partial charge in [-0.25, -0.2) is 8.42 Å². The van der Waals surface area contributed by atoms with Gasteiger partial charge in [-0.05, 0) is 24.8 Å². The molecule has 1 aliphatic rings. The van der Waals surface area contributed by atoms with Gasteiger partial charge in [0, 0.05) is 19.1 Å². The van der Waals surface area contributed by atoms with Crippen LogP contribution in [0.2, 0.25) is 0 Å². The van der Waals surface area contributed by atoms with Crippen LogP contribution in [0.3, 0.4) is 0 Å². The number of hydrogen-bond donors (Lipinski definition) is 1. The van der Waals surface area contributed by atoms with Gasteiger partial charge in [0.15, 0.2) is 0 Å². The van der Waals surface area contributed by atoms with Crippen molar-refractivity contribution in [3.05, 3.63) is 53.3 Å². The van der Waals surface area contributed by atoms with E-state index in [9.17, 15) is 13.2 Å². The molecule has 8 heteroatoms. The van der Waals surface area contributed by atoms with Crippen molar-refractivity contribution in [2.24, 2.45) is 0 Å². The van der Waals surface area contributed by atoms with E-state index in [4.69, 9.17) is 0 Å². The summed E-state index contributed by atoms with van der Waals surface area (Å²) in [6.45, 7) is 3.45. The Hall–Kier alpha value is -2.19. The predicted molar refractivity (Wildman–Crippen MR) is 104 cm³/mol. The Bertz CT molecular complexity index is 893. The Balaban J connectivity index is 1.68. The van der Waals surface area contributed by atoms with Crippen molar-refractivity contribution in [1.29, 1.82) is 0 Å². The van der Waals surface area contributed by atoms with E-state index >= 15 is 0 Å². The molecule has 146 valence electrons. The highest BCUT2D eigenvalue weighted by molar-refractivity contribution is 7.88. The highest BCUT2D eigenvalue weighted by Gasteiger charge is 2.31. The third kappa shape index (κ3) is 4.56. The summed E-state index contributed by atoms with van der Waals surface area (Å²) >= 11 is 0. The zero-order valence-corrected chi connectivity index (χ0v) is 16.6. The second kappa shape index (κ2) is 8.22. The molecule has 7 nitrogen and oxygen atoms in total. The molecule has 1 atom stereocenters. The maximum Gasteiger partial charge on any atom is 0.254 e. The highest BCUT2D eigenvalue weighted by Crippen LogP contribution is 2.20. The van der Waals surface area contributed by atoms with E-state index in [1.165, 1.54) is 10.6 Å². The minimum absolute atomic E-state index is 0.173. The van der Waals surface area contributed by atoms with Crippen molar-refractivity contribution in [2.75, 3.05) is 19.3 Å². The lowest BCUT2D eigenvalue weighted by Gasteiger charge is -2.22. The summed E-state index contributed by atoms with van der Waals surface area (Å²) in [6, 6.07) is 9.81. The number of aromatic nitrogens is 2. The minimum Gasteiger partial charge on any atom is -0.350 e. The van der Waals surface area contributed by atoms with Crippen LogP contribution in [0.1, 0.15) is 41.4 Å². The SMILES string of the molecule is CCc1c(C(=O)NC[C@H]2CCCN2S(C)(=O)=O)cnn1Cc1ccccc1. The maximum absolute atomic E-state index is 12.7. The highest BCUT2D eigenvalue weighted by atomic mass is 32.2. The van der Waals surface area contributed by atoms with Gasteiger partial charge in [-0.3, -0.25) is 9.48 Å².